The first-order valence-corrected chi connectivity index (χ1v) is 9.11. The van der Waals surface area contributed by atoms with Crippen LogP contribution < -0.4 is 10.1 Å². The fraction of sp³-hybridized carbons (Fsp3) is 0.364. The third kappa shape index (κ3) is 6.03. The van der Waals surface area contributed by atoms with Crippen molar-refractivity contribution < 1.29 is 14.3 Å². The van der Waals surface area contributed by atoms with Gasteiger partial charge in [-0.2, -0.15) is 0 Å². The molecule has 0 aliphatic heterocycles. The minimum Gasteiger partial charge on any atom is -0.484 e. The largest absolute Gasteiger partial charge is 0.484 e. The molecule has 2 rings (SSSR count). The van der Waals surface area contributed by atoms with E-state index in [4.69, 9.17) is 4.74 Å². The van der Waals surface area contributed by atoms with E-state index in [-0.39, 0.29) is 18.3 Å². The predicted molar refractivity (Wildman–Crippen MR) is 104 cm³/mol. The lowest BCUT2D eigenvalue weighted by Crippen LogP contribution is -2.30. The summed E-state index contributed by atoms with van der Waals surface area (Å²) >= 11 is 0. The highest BCUT2D eigenvalue weighted by molar-refractivity contribution is 5.95. The smallest absolute Gasteiger partial charge is 0.257 e. The molecule has 0 saturated carbocycles. The SMILES string of the molecule is CCC(=O)c1ccc(OCC(=O)NCCc2ccc(C(C)C)cc2)cc1. The van der Waals surface area contributed by atoms with Crippen molar-refractivity contribution in [1.82, 2.24) is 5.32 Å². The fourth-order valence-corrected chi connectivity index (χ4v) is 2.56. The summed E-state index contributed by atoms with van der Waals surface area (Å²) < 4.78 is 5.46. The summed E-state index contributed by atoms with van der Waals surface area (Å²) in [5.41, 5.74) is 3.18. The van der Waals surface area contributed by atoms with Gasteiger partial charge < -0.3 is 10.1 Å². The van der Waals surface area contributed by atoms with Gasteiger partial charge in [-0.3, -0.25) is 9.59 Å². The van der Waals surface area contributed by atoms with Crippen LogP contribution >= 0.6 is 0 Å². The number of ketones is 1. The molecular formula is C22H27NO3. The summed E-state index contributed by atoms with van der Waals surface area (Å²) in [5, 5.41) is 2.86. The van der Waals surface area contributed by atoms with Crippen molar-refractivity contribution in [2.45, 2.75) is 39.5 Å². The fourth-order valence-electron chi connectivity index (χ4n) is 2.56. The van der Waals surface area contributed by atoms with Gasteiger partial charge in [-0.15, -0.1) is 0 Å². The molecule has 4 heteroatoms. The molecule has 0 spiro atoms. The zero-order valence-electron chi connectivity index (χ0n) is 15.7. The van der Waals surface area contributed by atoms with Crippen LogP contribution in [0.2, 0.25) is 0 Å². The van der Waals surface area contributed by atoms with E-state index in [1.54, 1.807) is 24.3 Å². The lowest BCUT2D eigenvalue weighted by atomic mass is 10.0. The molecule has 0 aliphatic rings. The van der Waals surface area contributed by atoms with Crippen molar-refractivity contribution in [1.29, 1.82) is 0 Å². The topological polar surface area (TPSA) is 55.4 Å². The van der Waals surface area contributed by atoms with Crippen LogP contribution in [-0.2, 0) is 11.2 Å². The van der Waals surface area contributed by atoms with Gasteiger partial charge >= 0.3 is 0 Å². The predicted octanol–water partition coefficient (Wildman–Crippen LogP) is 4.14. The van der Waals surface area contributed by atoms with Gasteiger partial charge in [0.2, 0.25) is 0 Å². The molecule has 1 amide bonds. The number of rotatable bonds is 9. The van der Waals surface area contributed by atoms with Gasteiger partial charge in [0.15, 0.2) is 12.4 Å². The average molecular weight is 353 g/mol. The molecule has 0 fully saturated rings. The van der Waals surface area contributed by atoms with E-state index in [9.17, 15) is 9.59 Å². The first kappa shape index (κ1) is 19.7. The molecule has 4 nitrogen and oxygen atoms in total. The summed E-state index contributed by atoms with van der Waals surface area (Å²) in [4.78, 5) is 23.5. The molecule has 1 N–H and O–H groups in total. The zero-order chi connectivity index (χ0) is 18.9. The second-order valence-electron chi connectivity index (χ2n) is 6.59. The summed E-state index contributed by atoms with van der Waals surface area (Å²) in [6.07, 6.45) is 1.26. The Balaban J connectivity index is 1.71. The number of Topliss-reactive ketones (excluding diaryl/α,β-unsaturated/α-hetero) is 1. The molecule has 0 aromatic heterocycles. The molecule has 0 heterocycles. The molecule has 26 heavy (non-hydrogen) atoms. The van der Waals surface area contributed by atoms with Gasteiger partial charge in [-0.05, 0) is 47.7 Å². The van der Waals surface area contributed by atoms with Crippen LogP contribution in [0.15, 0.2) is 48.5 Å². The van der Waals surface area contributed by atoms with Crippen LogP contribution in [0, 0.1) is 0 Å². The Labute approximate surface area is 155 Å². The highest BCUT2D eigenvalue weighted by atomic mass is 16.5. The maximum Gasteiger partial charge on any atom is 0.257 e. The van der Waals surface area contributed by atoms with Crippen molar-refractivity contribution in [3.05, 3.63) is 65.2 Å². The third-order valence-corrected chi connectivity index (χ3v) is 4.25. The second kappa shape index (κ2) is 9.76. The highest BCUT2D eigenvalue weighted by Gasteiger charge is 2.05. The first-order chi connectivity index (χ1) is 12.5. The number of carbonyl (C=O) groups is 2. The van der Waals surface area contributed by atoms with Gasteiger partial charge in [0.1, 0.15) is 5.75 Å². The van der Waals surface area contributed by atoms with E-state index in [1.807, 2.05) is 6.92 Å². The van der Waals surface area contributed by atoms with E-state index in [2.05, 4.69) is 43.4 Å². The molecule has 0 radical (unpaired) electrons. The molecule has 0 atom stereocenters. The summed E-state index contributed by atoms with van der Waals surface area (Å²) in [7, 11) is 0. The standard InChI is InChI=1S/C22H27NO3/c1-4-21(24)19-9-11-20(12-10-19)26-15-22(25)23-14-13-17-5-7-18(8-6-17)16(2)3/h5-12,16H,4,13-15H2,1-3H3,(H,23,25). The molecule has 138 valence electrons. The number of hydrogen-bond donors (Lipinski definition) is 1. The number of carbonyl (C=O) groups excluding carboxylic acids is 2. The van der Waals surface area contributed by atoms with Crippen molar-refractivity contribution in [2.24, 2.45) is 0 Å². The number of nitrogens with one attached hydrogen (secondary N) is 1. The summed E-state index contributed by atoms with van der Waals surface area (Å²) in [5.74, 6) is 1.04. The molecule has 2 aromatic carbocycles. The maximum absolute atomic E-state index is 11.9. The van der Waals surface area contributed by atoms with E-state index in [1.165, 1.54) is 11.1 Å². The maximum atomic E-state index is 11.9. The van der Waals surface area contributed by atoms with Crippen molar-refractivity contribution in [3.8, 4) is 5.75 Å². The van der Waals surface area contributed by atoms with Gasteiger partial charge in [0.25, 0.3) is 5.91 Å². The molecule has 0 unspecified atom stereocenters. The Hall–Kier alpha value is -2.62. The van der Waals surface area contributed by atoms with Crippen LogP contribution in [0.5, 0.6) is 5.75 Å². The number of hydrogen-bond acceptors (Lipinski definition) is 3. The zero-order valence-corrected chi connectivity index (χ0v) is 15.7. The minimum absolute atomic E-state index is 0.0344. The highest BCUT2D eigenvalue weighted by Crippen LogP contribution is 2.15. The molecule has 0 aliphatic carbocycles. The number of ether oxygens (including phenoxy) is 1. The number of amides is 1. The van der Waals surface area contributed by atoms with E-state index < -0.39 is 0 Å². The van der Waals surface area contributed by atoms with Gasteiger partial charge in [-0.1, -0.05) is 45.0 Å². The van der Waals surface area contributed by atoms with Crippen molar-refractivity contribution >= 4 is 11.7 Å². The summed E-state index contributed by atoms with van der Waals surface area (Å²) in [6.45, 7) is 6.71. The van der Waals surface area contributed by atoms with E-state index >= 15 is 0 Å². The van der Waals surface area contributed by atoms with Gasteiger partial charge in [0, 0.05) is 18.5 Å². The van der Waals surface area contributed by atoms with E-state index in [0.29, 0.717) is 30.2 Å². The lowest BCUT2D eigenvalue weighted by molar-refractivity contribution is -0.123. The first-order valence-electron chi connectivity index (χ1n) is 9.11. The molecule has 0 bridgehead atoms. The Bertz CT molecular complexity index is 718. The van der Waals surface area contributed by atoms with Crippen LogP contribution in [0.25, 0.3) is 0 Å². The molecular weight excluding hydrogens is 326 g/mol. The van der Waals surface area contributed by atoms with Crippen LogP contribution in [0.1, 0.15) is 54.6 Å². The molecule has 0 saturated heterocycles. The second-order valence-corrected chi connectivity index (χ2v) is 6.59. The average Bonchev–Trinajstić information content (AvgIpc) is 2.66. The molecule has 2 aromatic rings. The monoisotopic (exact) mass is 353 g/mol. The van der Waals surface area contributed by atoms with Gasteiger partial charge in [-0.25, -0.2) is 0 Å². The van der Waals surface area contributed by atoms with Crippen molar-refractivity contribution in [3.63, 3.8) is 0 Å². The number of benzene rings is 2. The van der Waals surface area contributed by atoms with Crippen molar-refractivity contribution in [2.75, 3.05) is 13.2 Å². The van der Waals surface area contributed by atoms with Crippen LogP contribution in [-0.4, -0.2) is 24.8 Å². The Morgan fingerprint density at radius 1 is 1.00 bits per heavy atom. The van der Waals surface area contributed by atoms with Gasteiger partial charge in [0.05, 0.1) is 0 Å². The summed E-state index contributed by atoms with van der Waals surface area (Å²) in [6, 6.07) is 15.4. The minimum atomic E-state index is -0.155. The van der Waals surface area contributed by atoms with Crippen LogP contribution in [0.3, 0.4) is 0 Å². The Morgan fingerprint density at radius 3 is 2.23 bits per heavy atom. The van der Waals surface area contributed by atoms with E-state index in [0.717, 1.165) is 6.42 Å². The quantitative estimate of drug-likeness (QED) is 0.689. The Morgan fingerprint density at radius 2 is 1.65 bits per heavy atom. The lowest BCUT2D eigenvalue weighted by Gasteiger charge is -2.09. The normalized spacial score (nSPS) is 10.6. The van der Waals surface area contributed by atoms with Crippen LogP contribution in [0.4, 0.5) is 0 Å². The Kier molecular flexibility index (Phi) is 7.39. The third-order valence-electron chi connectivity index (χ3n) is 4.25.